The van der Waals surface area contributed by atoms with Gasteiger partial charge in [-0.25, -0.2) is 4.98 Å². The third kappa shape index (κ3) is 3.44. The summed E-state index contributed by atoms with van der Waals surface area (Å²) >= 11 is 0. The molecule has 8 nitrogen and oxygen atoms in total. The molecular weight excluding hydrogens is 394 g/mol. The lowest BCUT2D eigenvalue weighted by molar-refractivity contribution is 0.0966. The molecule has 1 aliphatic carbocycles. The zero-order chi connectivity index (χ0) is 21.4. The van der Waals surface area contributed by atoms with Crippen LogP contribution in [-0.4, -0.2) is 60.7 Å². The highest BCUT2D eigenvalue weighted by molar-refractivity contribution is 6.26. The normalized spacial score (nSPS) is 17.4. The van der Waals surface area contributed by atoms with Gasteiger partial charge in [-0.05, 0) is 12.1 Å². The highest BCUT2D eigenvalue weighted by atomic mass is 16.3. The summed E-state index contributed by atoms with van der Waals surface area (Å²) in [5, 5.41) is 4.16. The first-order valence-corrected chi connectivity index (χ1v) is 10.3. The van der Waals surface area contributed by atoms with Crippen molar-refractivity contribution >= 4 is 28.4 Å². The topological polar surface area (TPSA) is 105 Å². The van der Waals surface area contributed by atoms with Crippen LogP contribution in [0.15, 0.2) is 64.7 Å². The zero-order valence-electron chi connectivity index (χ0n) is 17.0. The highest BCUT2D eigenvalue weighted by Gasteiger charge is 2.30. The van der Waals surface area contributed by atoms with Crippen LogP contribution in [0.1, 0.15) is 20.7 Å². The second-order valence-corrected chi connectivity index (χ2v) is 7.72. The lowest BCUT2D eigenvalue weighted by Gasteiger charge is -2.35. The number of nitrogens with zero attached hydrogens (tertiary/aromatic N) is 3. The molecule has 1 aliphatic heterocycles. The van der Waals surface area contributed by atoms with Crippen molar-refractivity contribution < 1.29 is 14.0 Å². The molecule has 0 saturated carbocycles. The van der Waals surface area contributed by atoms with E-state index in [1.165, 1.54) is 0 Å². The molecule has 0 bridgehead atoms. The number of nitrogens with two attached hydrogens (primary N) is 1. The Kier molecular flexibility index (Phi) is 4.91. The molecule has 2 aromatic heterocycles. The van der Waals surface area contributed by atoms with Crippen molar-refractivity contribution in [2.75, 3.05) is 44.2 Å². The third-order valence-corrected chi connectivity index (χ3v) is 5.91. The molecule has 5 rings (SSSR count). The van der Waals surface area contributed by atoms with Crippen LogP contribution in [-0.2, 0) is 0 Å². The Labute approximate surface area is 179 Å². The van der Waals surface area contributed by atoms with Gasteiger partial charge in [0.25, 0.3) is 0 Å². The fourth-order valence-electron chi connectivity index (χ4n) is 4.20. The maximum absolute atomic E-state index is 12.8. The van der Waals surface area contributed by atoms with Gasteiger partial charge in [-0.3, -0.25) is 14.5 Å². The molecule has 1 fully saturated rings. The zero-order valence-corrected chi connectivity index (χ0v) is 17.0. The second-order valence-electron chi connectivity index (χ2n) is 7.72. The van der Waals surface area contributed by atoms with Crippen LogP contribution in [0, 0.1) is 0 Å². The average molecular weight is 417 g/mol. The van der Waals surface area contributed by atoms with Crippen LogP contribution in [0.4, 0.5) is 5.82 Å². The number of pyridine rings is 1. The number of hydrogen-bond donors (Lipinski definition) is 2. The Balaban J connectivity index is 1.18. The van der Waals surface area contributed by atoms with Crippen LogP contribution >= 0.6 is 0 Å². The minimum absolute atomic E-state index is 0.00821. The number of carbonyl (C=O) groups is 2. The number of anilines is 1. The first-order valence-electron chi connectivity index (χ1n) is 10.3. The lowest BCUT2D eigenvalue weighted by Crippen LogP contribution is -2.48. The molecule has 0 atom stereocenters. The Morgan fingerprint density at radius 1 is 1.00 bits per heavy atom. The number of Topliss-reactive ketones (excluding diaryl/α,β-unsaturated/α-hetero) is 2. The van der Waals surface area contributed by atoms with Gasteiger partial charge in [-0.15, -0.1) is 0 Å². The molecular formula is C23H23N5O3. The molecule has 0 spiro atoms. The van der Waals surface area contributed by atoms with Crippen LogP contribution in [0.25, 0.3) is 11.0 Å². The quantitative estimate of drug-likeness (QED) is 0.648. The molecule has 2 aliphatic rings. The summed E-state index contributed by atoms with van der Waals surface area (Å²) in [6.45, 7) is 4.68. The number of aromatic nitrogens is 1. The Bertz CT molecular complexity index is 1190. The predicted octanol–water partition coefficient (Wildman–Crippen LogP) is 1.79. The van der Waals surface area contributed by atoms with Gasteiger partial charge >= 0.3 is 0 Å². The van der Waals surface area contributed by atoms with Gasteiger partial charge in [0, 0.05) is 62.0 Å². The van der Waals surface area contributed by atoms with Gasteiger partial charge in [0.05, 0.1) is 6.26 Å². The Hall–Kier alpha value is -3.65. The number of allylic oxidation sites excluding steroid dienone is 2. The molecule has 3 heterocycles. The van der Waals surface area contributed by atoms with E-state index >= 15 is 0 Å². The molecule has 158 valence electrons. The van der Waals surface area contributed by atoms with Crippen molar-refractivity contribution in [2.45, 2.75) is 0 Å². The number of benzene rings is 1. The molecule has 1 saturated heterocycles. The Morgan fingerprint density at radius 2 is 1.74 bits per heavy atom. The maximum Gasteiger partial charge on any atom is 0.211 e. The van der Waals surface area contributed by atoms with E-state index in [4.69, 9.17) is 10.2 Å². The molecule has 8 heteroatoms. The molecule has 3 N–H and O–H groups in total. The molecule has 31 heavy (non-hydrogen) atoms. The summed E-state index contributed by atoms with van der Waals surface area (Å²) in [6, 6.07) is 10.7. The number of ketones is 2. The number of piperazine rings is 1. The summed E-state index contributed by atoms with van der Waals surface area (Å²) in [5.41, 5.74) is 7.76. The summed E-state index contributed by atoms with van der Waals surface area (Å²) in [4.78, 5) is 34.3. The molecule has 0 radical (unpaired) electrons. The van der Waals surface area contributed by atoms with Crippen molar-refractivity contribution in [1.82, 2.24) is 15.2 Å². The van der Waals surface area contributed by atoms with Crippen molar-refractivity contribution in [3.8, 4) is 0 Å². The summed E-state index contributed by atoms with van der Waals surface area (Å²) in [6.07, 6.45) is 3.50. The van der Waals surface area contributed by atoms with Crippen molar-refractivity contribution in [3.63, 3.8) is 0 Å². The average Bonchev–Trinajstić information content (AvgIpc) is 3.29. The highest BCUT2D eigenvalue weighted by Crippen LogP contribution is 2.26. The van der Waals surface area contributed by atoms with Crippen molar-refractivity contribution in [1.29, 1.82) is 0 Å². The van der Waals surface area contributed by atoms with E-state index in [9.17, 15) is 9.59 Å². The van der Waals surface area contributed by atoms with Gasteiger partial charge in [0.15, 0.2) is 11.4 Å². The number of rotatable bonds is 5. The summed E-state index contributed by atoms with van der Waals surface area (Å²) in [7, 11) is 0. The molecule has 3 aromatic rings. The minimum Gasteiger partial charge on any atom is -0.460 e. The first kappa shape index (κ1) is 19.3. The molecule has 0 amide bonds. The maximum atomic E-state index is 12.8. The van der Waals surface area contributed by atoms with E-state index in [0.717, 1.165) is 49.5 Å². The van der Waals surface area contributed by atoms with E-state index in [2.05, 4.69) is 20.1 Å². The van der Waals surface area contributed by atoms with Crippen LogP contribution in [0.5, 0.6) is 0 Å². The predicted molar refractivity (Wildman–Crippen MR) is 117 cm³/mol. The SMILES string of the molecule is NC1=C(NCCN2CCN(c3nccc4ccoc34)CC2)C(=O)c2ccccc2C1=O. The minimum atomic E-state index is -0.300. The lowest BCUT2D eigenvalue weighted by atomic mass is 9.90. The number of nitrogens with one attached hydrogen (secondary N) is 1. The fraction of sp³-hybridized carbons (Fsp3) is 0.261. The monoisotopic (exact) mass is 417 g/mol. The van der Waals surface area contributed by atoms with Gasteiger partial charge in [-0.2, -0.15) is 0 Å². The smallest absolute Gasteiger partial charge is 0.211 e. The third-order valence-electron chi connectivity index (χ3n) is 5.91. The van der Waals surface area contributed by atoms with Gasteiger partial charge in [0.2, 0.25) is 11.6 Å². The van der Waals surface area contributed by atoms with Crippen LogP contribution in [0.3, 0.4) is 0 Å². The Morgan fingerprint density at radius 3 is 2.52 bits per heavy atom. The first-order chi connectivity index (χ1) is 15.1. The van der Waals surface area contributed by atoms with E-state index in [1.54, 1.807) is 30.5 Å². The molecule has 1 aromatic carbocycles. The van der Waals surface area contributed by atoms with Gasteiger partial charge < -0.3 is 20.4 Å². The standard InChI is InChI=1S/C23H23N5O3/c24-18-19(21(30)17-4-2-1-3-16(17)20(18)29)25-8-9-27-10-12-28(13-11-27)23-22-15(5-7-26-23)6-14-31-22/h1-7,14,25H,8-13,24H2. The summed E-state index contributed by atoms with van der Waals surface area (Å²) < 4.78 is 5.61. The van der Waals surface area contributed by atoms with Gasteiger partial charge in [-0.1, -0.05) is 24.3 Å². The summed E-state index contributed by atoms with van der Waals surface area (Å²) in [5.74, 6) is 0.351. The number of fused-ring (bicyclic) bond motifs is 2. The van der Waals surface area contributed by atoms with Crippen molar-refractivity contribution in [2.24, 2.45) is 5.73 Å². The number of hydrogen-bond acceptors (Lipinski definition) is 8. The van der Waals surface area contributed by atoms with Crippen molar-refractivity contribution in [3.05, 3.63) is 71.4 Å². The van der Waals surface area contributed by atoms with Crippen LogP contribution in [0.2, 0.25) is 0 Å². The fourth-order valence-corrected chi connectivity index (χ4v) is 4.20. The van der Waals surface area contributed by atoms with E-state index < -0.39 is 0 Å². The van der Waals surface area contributed by atoms with E-state index in [1.807, 2.05) is 18.3 Å². The largest absolute Gasteiger partial charge is 0.460 e. The van der Waals surface area contributed by atoms with Gasteiger partial charge in [0.1, 0.15) is 11.4 Å². The van der Waals surface area contributed by atoms with Crippen LogP contribution < -0.4 is 16.0 Å². The number of carbonyl (C=O) groups excluding carboxylic acids is 2. The van der Waals surface area contributed by atoms with E-state index in [-0.39, 0.29) is 23.0 Å². The number of furan rings is 1. The second kappa shape index (κ2) is 7.88. The molecule has 0 unspecified atom stereocenters. The van der Waals surface area contributed by atoms with E-state index in [0.29, 0.717) is 17.7 Å².